The maximum Gasteiger partial charge on any atom is 0.336 e. The Labute approximate surface area is 172 Å². The summed E-state index contributed by atoms with van der Waals surface area (Å²) in [6.45, 7) is 4.44. The summed E-state index contributed by atoms with van der Waals surface area (Å²) in [4.78, 5) is 17.4. The van der Waals surface area contributed by atoms with E-state index in [4.69, 9.17) is 4.74 Å². The minimum absolute atomic E-state index is 0.118. The molecule has 0 saturated carbocycles. The summed E-state index contributed by atoms with van der Waals surface area (Å²) in [6, 6.07) is 19.6. The Bertz CT molecular complexity index is 1100. The Morgan fingerprint density at radius 1 is 1.10 bits per heavy atom. The molecule has 146 valence electrons. The largest absolute Gasteiger partial charge is 0.463 e. The van der Waals surface area contributed by atoms with Crippen LogP contribution >= 0.6 is 11.3 Å². The number of rotatable bonds is 6. The Morgan fingerprint density at radius 2 is 1.86 bits per heavy atom. The molecular weight excluding hydrogens is 384 g/mol. The van der Waals surface area contributed by atoms with Crippen LogP contribution in [0, 0.1) is 6.92 Å². The van der Waals surface area contributed by atoms with Crippen LogP contribution in [0.2, 0.25) is 0 Å². The van der Waals surface area contributed by atoms with Crippen molar-refractivity contribution in [1.29, 1.82) is 0 Å². The summed E-state index contributed by atoms with van der Waals surface area (Å²) < 4.78 is 7.26. The van der Waals surface area contributed by atoms with Gasteiger partial charge in [-0.3, -0.25) is 4.79 Å². The van der Waals surface area contributed by atoms with Gasteiger partial charge in [0.15, 0.2) is 5.82 Å². The van der Waals surface area contributed by atoms with E-state index in [9.17, 15) is 4.79 Å². The summed E-state index contributed by atoms with van der Waals surface area (Å²) in [5, 5.41) is 9.28. The zero-order valence-electron chi connectivity index (χ0n) is 16.1. The first kappa shape index (κ1) is 18.9. The lowest BCUT2D eigenvalue weighted by Crippen LogP contribution is -2.10. The van der Waals surface area contributed by atoms with Gasteiger partial charge >= 0.3 is 6.01 Å². The number of nitrogens with one attached hydrogen (secondary N) is 1. The second kappa shape index (κ2) is 8.28. The molecule has 1 N–H and O–H groups in total. The fourth-order valence-electron chi connectivity index (χ4n) is 2.84. The van der Waals surface area contributed by atoms with Crippen LogP contribution in [0.3, 0.4) is 0 Å². The van der Waals surface area contributed by atoms with Crippen LogP contribution in [-0.2, 0) is 0 Å². The zero-order valence-corrected chi connectivity index (χ0v) is 16.9. The van der Waals surface area contributed by atoms with Crippen LogP contribution in [0.15, 0.2) is 66.0 Å². The lowest BCUT2D eigenvalue weighted by Gasteiger charge is -2.08. The quantitative estimate of drug-likeness (QED) is 0.493. The van der Waals surface area contributed by atoms with Gasteiger partial charge in [-0.05, 0) is 49.6 Å². The lowest BCUT2D eigenvalue weighted by molar-refractivity contribution is 0.103. The summed E-state index contributed by atoms with van der Waals surface area (Å²) in [5.74, 6) is 0.580. The highest BCUT2D eigenvalue weighted by atomic mass is 32.1. The number of ether oxygens (including phenoxy) is 1. The van der Waals surface area contributed by atoms with Crippen molar-refractivity contribution in [3.8, 4) is 23.1 Å². The van der Waals surface area contributed by atoms with Crippen molar-refractivity contribution in [3.63, 3.8) is 0 Å². The molecule has 0 spiro atoms. The minimum Gasteiger partial charge on any atom is -0.463 e. The molecule has 2 aromatic heterocycles. The van der Waals surface area contributed by atoms with Gasteiger partial charge in [0.2, 0.25) is 0 Å². The molecule has 7 heteroatoms. The summed E-state index contributed by atoms with van der Waals surface area (Å²) in [5.41, 5.74) is 3.67. The molecule has 0 radical (unpaired) electrons. The average Bonchev–Trinajstić information content (AvgIpc) is 3.40. The molecule has 0 unspecified atom stereocenters. The molecule has 0 aliphatic rings. The highest BCUT2D eigenvalue weighted by Gasteiger charge is 2.15. The maximum absolute atomic E-state index is 12.2. The van der Waals surface area contributed by atoms with E-state index in [1.807, 2.05) is 73.8 Å². The van der Waals surface area contributed by atoms with Crippen molar-refractivity contribution in [2.45, 2.75) is 13.8 Å². The average molecular weight is 404 g/mol. The normalized spacial score (nSPS) is 10.7. The molecule has 1 amide bonds. The first-order valence-electron chi connectivity index (χ1n) is 9.26. The molecule has 2 aromatic carbocycles. The number of hydrogen-bond acceptors (Lipinski definition) is 5. The van der Waals surface area contributed by atoms with Crippen LogP contribution in [-0.4, -0.2) is 27.3 Å². The SMILES string of the molecule is CCOc1nc(-c2ccc(C)cc2)n(-c2ccc(NC(=O)c3cccs3)cc2)n1. The van der Waals surface area contributed by atoms with Crippen LogP contribution in [0.4, 0.5) is 5.69 Å². The Hall–Kier alpha value is -3.45. The molecular formula is C22H20N4O2S. The molecule has 6 nitrogen and oxygen atoms in total. The van der Waals surface area contributed by atoms with E-state index in [1.165, 1.54) is 16.9 Å². The monoisotopic (exact) mass is 404 g/mol. The number of carbonyl (C=O) groups excluding carboxylic acids is 1. The summed E-state index contributed by atoms with van der Waals surface area (Å²) in [7, 11) is 0. The van der Waals surface area contributed by atoms with Crippen LogP contribution in [0.5, 0.6) is 6.01 Å². The van der Waals surface area contributed by atoms with Crippen molar-refractivity contribution in [2.75, 3.05) is 11.9 Å². The molecule has 0 atom stereocenters. The minimum atomic E-state index is -0.118. The van der Waals surface area contributed by atoms with Crippen molar-refractivity contribution >= 4 is 22.9 Å². The molecule has 0 aliphatic heterocycles. The van der Waals surface area contributed by atoms with Crippen LogP contribution in [0.25, 0.3) is 17.1 Å². The molecule has 2 heterocycles. The van der Waals surface area contributed by atoms with E-state index in [0.29, 0.717) is 29.0 Å². The number of hydrogen-bond donors (Lipinski definition) is 1. The fraction of sp³-hybridized carbons (Fsp3) is 0.136. The third-order valence-corrected chi connectivity index (χ3v) is 5.15. The molecule has 0 aliphatic carbocycles. The van der Waals surface area contributed by atoms with Crippen molar-refractivity contribution in [2.24, 2.45) is 0 Å². The molecule has 4 rings (SSSR count). The number of carbonyl (C=O) groups is 1. The van der Waals surface area contributed by atoms with Gasteiger partial charge in [-0.2, -0.15) is 4.98 Å². The van der Waals surface area contributed by atoms with E-state index >= 15 is 0 Å². The predicted octanol–water partition coefficient (Wildman–Crippen LogP) is 4.96. The third-order valence-electron chi connectivity index (χ3n) is 4.29. The lowest BCUT2D eigenvalue weighted by atomic mass is 10.1. The van der Waals surface area contributed by atoms with Crippen molar-refractivity contribution in [1.82, 2.24) is 14.8 Å². The van der Waals surface area contributed by atoms with E-state index < -0.39 is 0 Å². The van der Waals surface area contributed by atoms with Crippen LogP contribution in [0.1, 0.15) is 22.2 Å². The van der Waals surface area contributed by atoms with E-state index in [0.717, 1.165) is 11.3 Å². The number of nitrogens with zero attached hydrogens (tertiary/aromatic N) is 3. The Morgan fingerprint density at radius 3 is 2.52 bits per heavy atom. The smallest absolute Gasteiger partial charge is 0.336 e. The zero-order chi connectivity index (χ0) is 20.2. The van der Waals surface area contributed by atoms with Gasteiger partial charge in [-0.1, -0.05) is 35.9 Å². The number of aryl methyl sites for hydroxylation is 1. The van der Waals surface area contributed by atoms with E-state index in [2.05, 4.69) is 15.4 Å². The fourth-order valence-corrected chi connectivity index (χ4v) is 3.46. The number of thiophene rings is 1. The van der Waals surface area contributed by atoms with Gasteiger partial charge in [0.25, 0.3) is 5.91 Å². The van der Waals surface area contributed by atoms with Gasteiger partial charge in [-0.25, -0.2) is 4.68 Å². The molecule has 0 saturated heterocycles. The summed E-state index contributed by atoms with van der Waals surface area (Å²) >= 11 is 1.41. The standard InChI is InChI=1S/C22H20N4O2S/c1-3-28-22-24-20(16-8-6-15(2)7-9-16)26(25-22)18-12-10-17(11-13-18)23-21(27)19-5-4-14-29-19/h4-14H,3H2,1-2H3,(H,23,27). The van der Waals surface area contributed by atoms with Crippen molar-refractivity contribution < 1.29 is 9.53 Å². The third kappa shape index (κ3) is 4.20. The Balaban J connectivity index is 1.63. The first-order valence-corrected chi connectivity index (χ1v) is 10.1. The highest BCUT2D eigenvalue weighted by Crippen LogP contribution is 2.25. The molecule has 0 bridgehead atoms. The molecule has 29 heavy (non-hydrogen) atoms. The van der Waals surface area contributed by atoms with Gasteiger partial charge in [0, 0.05) is 11.3 Å². The topological polar surface area (TPSA) is 69.0 Å². The van der Waals surface area contributed by atoms with Crippen molar-refractivity contribution in [3.05, 3.63) is 76.5 Å². The number of amides is 1. The number of aromatic nitrogens is 3. The number of anilines is 1. The van der Waals surface area contributed by atoms with Gasteiger partial charge in [0.1, 0.15) is 0 Å². The predicted molar refractivity (Wildman–Crippen MR) is 115 cm³/mol. The highest BCUT2D eigenvalue weighted by molar-refractivity contribution is 7.12. The van der Waals surface area contributed by atoms with Gasteiger partial charge in [0.05, 0.1) is 17.2 Å². The summed E-state index contributed by atoms with van der Waals surface area (Å²) in [6.07, 6.45) is 0. The maximum atomic E-state index is 12.2. The molecule has 0 fully saturated rings. The number of benzene rings is 2. The first-order chi connectivity index (χ1) is 14.1. The second-order valence-corrected chi connectivity index (χ2v) is 7.35. The van der Waals surface area contributed by atoms with E-state index in [1.54, 1.807) is 10.7 Å². The van der Waals surface area contributed by atoms with Crippen LogP contribution < -0.4 is 10.1 Å². The second-order valence-electron chi connectivity index (χ2n) is 6.41. The Kier molecular flexibility index (Phi) is 5.39. The van der Waals surface area contributed by atoms with Gasteiger partial charge in [-0.15, -0.1) is 16.4 Å². The molecule has 4 aromatic rings. The van der Waals surface area contributed by atoms with E-state index in [-0.39, 0.29) is 5.91 Å². The van der Waals surface area contributed by atoms with Gasteiger partial charge < -0.3 is 10.1 Å².